The van der Waals surface area contributed by atoms with E-state index < -0.39 is 5.60 Å². The Morgan fingerprint density at radius 1 is 1.00 bits per heavy atom. The summed E-state index contributed by atoms with van der Waals surface area (Å²) in [4.78, 5) is 14.9. The number of nitrogens with zero attached hydrogens (tertiary/aromatic N) is 1. The fourth-order valence-electron chi connectivity index (χ4n) is 4.14. The third-order valence-electron chi connectivity index (χ3n) is 5.30. The van der Waals surface area contributed by atoms with Crippen LogP contribution in [0.15, 0.2) is 54.6 Å². The average molecular weight is 307 g/mol. The lowest BCUT2D eigenvalue weighted by molar-refractivity contribution is -0.0539. The van der Waals surface area contributed by atoms with Gasteiger partial charge in [0.2, 0.25) is 0 Å². The number of carbonyl (C=O) groups is 1. The molecule has 0 spiro atoms. The van der Waals surface area contributed by atoms with Gasteiger partial charge in [0.05, 0.1) is 6.04 Å². The predicted octanol–water partition coefficient (Wildman–Crippen LogP) is 3.13. The highest BCUT2D eigenvalue weighted by molar-refractivity contribution is 5.96. The molecule has 23 heavy (non-hydrogen) atoms. The Bertz CT molecular complexity index is 727. The van der Waals surface area contributed by atoms with Crippen LogP contribution in [0, 0.1) is 0 Å². The Morgan fingerprint density at radius 3 is 2.57 bits per heavy atom. The molecule has 2 atom stereocenters. The van der Waals surface area contributed by atoms with Crippen LogP contribution >= 0.6 is 0 Å². The molecule has 1 fully saturated rings. The van der Waals surface area contributed by atoms with Crippen molar-refractivity contribution in [2.45, 2.75) is 37.3 Å². The fourth-order valence-corrected chi connectivity index (χ4v) is 4.14. The molecule has 1 N–H and O–H groups in total. The lowest BCUT2D eigenvalue weighted by Crippen LogP contribution is -2.54. The van der Waals surface area contributed by atoms with Crippen LogP contribution < -0.4 is 0 Å². The number of amides is 1. The zero-order chi connectivity index (χ0) is 15.9. The maximum absolute atomic E-state index is 13.0. The first-order valence-electron chi connectivity index (χ1n) is 8.37. The molecule has 3 heteroatoms. The van der Waals surface area contributed by atoms with Crippen LogP contribution in [0.4, 0.5) is 0 Å². The highest BCUT2D eigenvalue weighted by Crippen LogP contribution is 2.40. The molecular formula is C20H21NO2. The van der Waals surface area contributed by atoms with Crippen molar-refractivity contribution in [2.75, 3.05) is 6.54 Å². The molecule has 1 saturated heterocycles. The molecule has 0 saturated carbocycles. The van der Waals surface area contributed by atoms with Crippen LogP contribution in [0.5, 0.6) is 0 Å². The van der Waals surface area contributed by atoms with E-state index in [-0.39, 0.29) is 11.9 Å². The topological polar surface area (TPSA) is 40.5 Å². The van der Waals surface area contributed by atoms with Crippen LogP contribution in [-0.2, 0) is 12.0 Å². The van der Waals surface area contributed by atoms with E-state index in [0.717, 1.165) is 42.5 Å². The fraction of sp³-hybridized carbons (Fsp3) is 0.350. The van der Waals surface area contributed by atoms with E-state index in [2.05, 4.69) is 0 Å². The van der Waals surface area contributed by atoms with Crippen molar-refractivity contribution in [3.05, 3.63) is 71.3 Å². The molecule has 2 aliphatic heterocycles. The van der Waals surface area contributed by atoms with E-state index in [1.165, 1.54) is 0 Å². The van der Waals surface area contributed by atoms with Crippen LogP contribution in [-0.4, -0.2) is 28.5 Å². The van der Waals surface area contributed by atoms with E-state index in [9.17, 15) is 9.90 Å². The SMILES string of the molecule is O=C1c2ccccc2C[C@](O)(c2ccccc2)[C@@H]2CCCCN12. The zero-order valence-electron chi connectivity index (χ0n) is 13.1. The molecule has 2 heterocycles. The summed E-state index contributed by atoms with van der Waals surface area (Å²) in [5.74, 6) is 0.0668. The second-order valence-electron chi connectivity index (χ2n) is 6.63. The molecular weight excluding hydrogens is 286 g/mol. The number of carbonyl (C=O) groups excluding carboxylic acids is 1. The summed E-state index contributed by atoms with van der Waals surface area (Å²) >= 11 is 0. The number of aliphatic hydroxyl groups is 1. The Morgan fingerprint density at radius 2 is 1.74 bits per heavy atom. The van der Waals surface area contributed by atoms with Gasteiger partial charge in [-0.05, 0) is 36.5 Å². The van der Waals surface area contributed by atoms with E-state index in [0.29, 0.717) is 6.42 Å². The monoisotopic (exact) mass is 307 g/mol. The van der Waals surface area contributed by atoms with Crippen molar-refractivity contribution in [3.63, 3.8) is 0 Å². The summed E-state index contributed by atoms with van der Waals surface area (Å²) in [5.41, 5.74) is 1.56. The molecule has 0 unspecified atom stereocenters. The second kappa shape index (κ2) is 5.50. The van der Waals surface area contributed by atoms with Gasteiger partial charge in [-0.15, -0.1) is 0 Å². The Balaban J connectivity index is 1.90. The summed E-state index contributed by atoms with van der Waals surface area (Å²) in [7, 11) is 0. The lowest BCUT2D eigenvalue weighted by Gasteiger charge is -2.44. The Labute approximate surface area is 136 Å². The van der Waals surface area contributed by atoms with E-state index in [1.807, 2.05) is 59.5 Å². The third-order valence-corrected chi connectivity index (χ3v) is 5.30. The van der Waals surface area contributed by atoms with Gasteiger partial charge in [-0.3, -0.25) is 4.79 Å². The molecule has 0 aromatic heterocycles. The minimum Gasteiger partial charge on any atom is -0.383 e. The third kappa shape index (κ3) is 2.27. The van der Waals surface area contributed by atoms with Crippen molar-refractivity contribution in [1.82, 2.24) is 4.90 Å². The van der Waals surface area contributed by atoms with Gasteiger partial charge in [-0.25, -0.2) is 0 Å². The highest BCUT2D eigenvalue weighted by atomic mass is 16.3. The molecule has 3 nitrogen and oxygen atoms in total. The number of hydrogen-bond acceptors (Lipinski definition) is 2. The van der Waals surface area contributed by atoms with Gasteiger partial charge in [0.25, 0.3) is 5.91 Å². The summed E-state index contributed by atoms with van der Waals surface area (Å²) in [5, 5.41) is 11.7. The van der Waals surface area contributed by atoms with E-state index >= 15 is 0 Å². The lowest BCUT2D eigenvalue weighted by atomic mass is 9.78. The molecule has 2 aliphatic rings. The standard InChI is InChI=1S/C20H21NO2/c22-19-17-11-5-4-8-15(17)14-20(23,16-9-2-1-3-10-16)18-12-6-7-13-21(18)19/h1-5,8-11,18,23H,6-7,12-14H2/t18-,20-/m0/s1. The first-order chi connectivity index (χ1) is 11.2. The highest BCUT2D eigenvalue weighted by Gasteiger charge is 2.47. The molecule has 0 aliphatic carbocycles. The maximum Gasteiger partial charge on any atom is 0.254 e. The van der Waals surface area contributed by atoms with E-state index in [4.69, 9.17) is 0 Å². The molecule has 118 valence electrons. The van der Waals surface area contributed by atoms with Gasteiger partial charge >= 0.3 is 0 Å². The van der Waals surface area contributed by atoms with Gasteiger partial charge in [-0.2, -0.15) is 0 Å². The van der Waals surface area contributed by atoms with Gasteiger partial charge < -0.3 is 10.0 Å². The molecule has 4 rings (SSSR count). The molecule has 0 bridgehead atoms. The Hall–Kier alpha value is -2.13. The summed E-state index contributed by atoms with van der Waals surface area (Å²) in [6.07, 6.45) is 3.40. The van der Waals surface area contributed by atoms with Crippen LogP contribution in [0.2, 0.25) is 0 Å². The van der Waals surface area contributed by atoms with Gasteiger partial charge in [0.15, 0.2) is 0 Å². The second-order valence-corrected chi connectivity index (χ2v) is 6.63. The summed E-state index contributed by atoms with van der Waals surface area (Å²) in [6.45, 7) is 0.729. The van der Waals surface area contributed by atoms with Crippen molar-refractivity contribution in [3.8, 4) is 0 Å². The normalized spacial score (nSPS) is 27.1. The molecule has 2 aromatic carbocycles. The number of benzene rings is 2. The number of rotatable bonds is 1. The van der Waals surface area contributed by atoms with Crippen LogP contribution in [0.3, 0.4) is 0 Å². The van der Waals surface area contributed by atoms with Crippen LogP contribution in [0.1, 0.15) is 40.7 Å². The smallest absolute Gasteiger partial charge is 0.254 e. The maximum atomic E-state index is 13.0. The zero-order valence-corrected chi connectivity index (χ0v) is 13.1. The van der Waals surface area contributed by atoms with Gasteiger partial charge in [0, 0.05) is 18.5 Å². The first-order valence-corrected chi connectivity index (χ1v) is 8.37. The minimum atomic E-state index is -1.02. The Kier molecular flexibility index (Phi) is 3.46. The summed E-state index contributed by atoms with van der Waals surface area (Å²) in [6, 6.07) is 17.4. The van der Waals surface area contributed by atoms with Crippen molar-refractivity contribution >= 4 is 5.91 Å². The minimum absolute atomic E-state index is 0.0668. The number of hydrogen-bond donors (Lipinski definition) is 1. The number of piperidine rings is 1. The van der Waals surface area contributed by atoms with Gasteiger partial charge in [0.1, 0.15) is 5.60 Å². The van der Waals surface area contributed by atoms with Crippen molar-refractivity contribution in [2.24, 2.45) is 0 Å². The van der Waals surface area contributed by atoms with Gasteiger partial charge in [-0.1, -0.05) is 48.5 Å². The van der Waals surface area contributed by atoms with Crippen molar-refractivity contribution in [1.29, 1.82) is 0 Å². The quantitative estimate of drug-likeness (QED) is 0.879. The molecule has 2 aromatic rings. The predicted molar refractivity (Wildman–Crippen MR) is 89.2 cm³/mol. The van der Waals surface area contributed by atoms with E-state index in [1.54, 1.807) is 0 Å². The number of fused-ring (bicyclic) bond motifs is 2. The molecule has 1 amide bonds. The summed E-state index contributed by atoms with van der Waals surface area (Å²) < 4.78 is 0. The van der Waals surface area contributed by atoms with Crippen LogP contribution in [0.25, 0.3) is 0 Å². The van der Waals surface area contributed by atoms with Crippen molar-refractivity contribution < 1.29 is 9.90 Å². The largest absolute Gasteiger partial charge is 0.383 e. The average Bonchev–Trinajstić information content (AvgIpc) is 2.71. The first kappa shape index (κ1) is 14.5. The molecule has 0 radical (unpaired) electrons.